The maximum Gasteiger partial charge on any atom is 0.323 e. The minimum atomic E-state index is -0.515. The van der Waals surface area contributed by atoms with Crippen molar-refractivity contribution in [3.63, 3.8) is 0 Å². The van der Waals surface area contributed by atoms with E-state index in [2.05, 4.69) is 20.6 Å². The Morgan fingerprint density at radius 3 is 2.80 bits per heavy atom. The summed E-state index contributed by atoms with van der Waals surface area (Å²) in [5.74, 6) is -0.0329. The number of rotatable bonds is 2. The SMILES string of the molecule is CC1(C(=O)Nc2ccc3[nH]c(=O)[nH]c3c2)CCCCN1. The Kier molecular flexibility index (Phi) is 3.10. The van der Waals surface area contributed by atoms with E-state index in [0.717, 1.165) is 31.3 Å². The Balaban J connectivity index is 1.81. The van der Waals surface area contributed by atoms with Gasteiger partial charge in [-0.05, 0) is 50.9 Å². The topological polar surface area (TPSA) is 89.8 Å². The lowest BCUT2D eigenvalue weighted by atomic mass is 9.90. The van der Waals surface area contributed by atoms with Gasteiger partial charge in [-0.1, -0.05) is 0 Å². The minimum Gasteiger partial charge on any atom is -0.324 e. The van der Waals surface area contributed by atoms with Crippen LogP contribution in [0, 0.1) is 0 Å². The molecule has 0 aliphatic carbocycles. The molecule has 0 radical (unpaired) electrons. The number of anilines is 1. The van der Waals surface area contributed by atoms with Crippen LogP contribution in [0.25, 0.3) is 11.0 Å². The van der Waals surface area contributed by atoms with Crippen molar-refractivity contribution >= 4 is 22.6 Å². The van der Waals surface area contributed by atoms with Gasteiger partial charge in [0.2, 0.25) is 5.91 Å². The lowest BCUT2D eigenvalue weighted by Gasteiger charge is -2.33. The molecule has 1 saturated heterocycles. The summed E-state index contributed by atoms with van der Waals surface area (Å²) in [5, 5.41) is 6.20. The molecule has 1 aliphatic heterocycles. The second kappa shape index (κ2) is 4.79. The Morgan fingerprint density at radius 1 is 1.25 bits per heavy atom. The minimum absolute atomic E-state index is 0.0329. The van der Waals surface area contributed by atoms with Crippen LogP contribution in [0.5, 0.6) is 0 Å². The molecular weight excluding hydrogens is 256 g/mol. The first kappa shape index (κ1) is 12.9. The predicted octanol–water partition coefficient (Wildman–Crippen LogP) is 1.33. The van der Waals surface area contributed by atoms with Crippen LogP contribution in [0.2, 0.25) is 0 Å². The van der Waals surface area contributed by atoms with E-state index in [9.17, 15) is 9.59 Å². The number of benzene rings is 1. The molecule has 0 saturated carbocycles. The van der Waals surface area contributed by atoms with Crippen LogP contribution >= 0.6 is 0 Å². The van der Waals surface area contributed by atoms with Gasteiger partial charge in [-0.25, -0.2) is 4.79 Å². The maximum atomic E-state index is 12.4. The Hall–Kier alpha value is -2.08. The number of aromatic nitrogens is 2. The summed E-state index contributed by atoms with van der Waals surface area (Å²) >= 11 is 0. The van der Waals surface area contributed by atoms with E-state index in [4.69, 9.17) is 0 Å². The zero-order valence-corrected chi connectivity index (χ0v) is 11.4. The number of aromatic amines is 2. The van der Waals surface area contributed by atoms with E-state index < -0.39 is 5.54 Å². The van der Waals surface area contributed by atoms with Crippen molar-refractivity contribution in [1.82, 2.24) is 15.3 Å². The van der Waals surface area contributed by atoms with Gasteiger partial charge in [0, 0.05) is 5.69 Å². The lowest BCUT2D eigenvalue weighted by molar-refractivity contribution is -0.122. The van der Waals surface area contributed by atoms with Crippen molar-refractivity contribution in [3.8, 4) is 0 Å². The summed E-state index contributed by atoms with van der Waals surface area (Å²) in [6, 6.07) is 5.33. The normalized spacial score (nSPS) is 22.9. The molecule has 20 heavy (non-hydrogen) atoms. The molecule has 1 aliphatic rings. The van der Waals surface area contributed by atoms with E-state index in [0.29, 0.717) is 11.2 Å². The molecule has 6 heteroatoms. The van der Waals surface area contributed by atoms with Gasteiger partial charge in [0.25, 0.3) is 0 Å². The highest BCUT2D eigenvalue weighted by molar-refractivity contribution is 5.99. The molecule has 1 atom stereocenters. The number of imidazole rings is 1. The van der Waals surface area contributed by atoms with E-state index in [1.807, 2.05) is 6.92 Å². The van der Waals surface area contributed by atoms with Crippen LogP contribution in [0.1, 0.15) is 26.2 Å². The summed E-state index contributed by atoms with van der Waals surface area (Å²) in [6.07, 6.45) is 3.00. The van der Waals surface area contributed by atoms with Crippen molar-refractivity contribution in [2.45, 2.75) is 31.7 Å². The quantitative estimate of drug-likeness (QED) is 0.666. The van der Waals surface area contributed by atoms with E-state index >= 15 is 0 Å². The number of carbonyl (C=O) groups excluding carboxylic acids is 1. The first-order valence-electron chi connectivity index (χ1n) is 6.85. The van der Waals surface area contributed by atoms with E-state index in [-0.39, 0.29) is 11.6 Å². The fourth-order valence-corrected chi connectivity index (χ4v) is 2.63. The fraction of sp³-hybridized carbons (Fsp3) is 0.429. The first-order chi connectivity index (χ1) is 9.57. The summed E-state index contributed by atoms with van der Waals surface area (Å²) in [7, 11) is 0. The van der Waals surface area contributed by atoms with Crippen LogP contribution in [-0.4, -0.2) is 28.0 Å². The van der Waals surface area contributed by atoms with Crippen LogP contribution in [0.4, 0.5) is 5.69 Å². The van der Waals surface area contributed by atoms with E-state index in [1.165, 1.54) is 0 Å². The zero-order valence-electron chi connectivity index (χ0n) is 11.4. The van der Waals surface area contributed by atoms with Gasteiger partial charge in [-0.15, -0.1) is 0 Å². The molecule has 1 unspecified atom stereocenters. The van der Waals surface area contributed by atoms with Gasteiger partial charge in [-0.3, -0.25) is 4.79 Å². The predicted molar refractivity (Wildman–Crippen MR) is 77.8 cm³/mol. The van der Waals surface area contributed by atoms with Gasteiger partial charge in [-0.2, -0.15) is 0 Å². The third-order valence-electron chi connectivity index (χ3n) is 3.89. The first-order valence-corrected chi connectivity index (χ1v) is 6.85. The molecule has 1 amide bonds. The average molecular weight is 274 g/mol. The van der Waals surface area contributed by atoms with Gasteiger partial charge < -0.3 is 20.6 Å². The zero-order chi connectivity index (χ0) is 14.2. The molecule has 2 aromatic rings. The molecule has 106 valence electrons. The summed E-state index contributed by atoms with van der Waals surface area (Å²) < 4.78 is 0. The van der Waals surface area contributed by atoms with Gasteiger partial charge in [0.15, 0.2) is 0 Å². The number of hydrogen-bond donors (Lipinski definition) is 4. The number of amides is 1. The smallest absolute Gasteiger partial charge is 0.323 e. The van der Waals surface area contributed by atoms with Crippen molar-refractivity contribution in [3.05, 3.63) is 28.7 Å². The molecule has 1 fully saturated rings. The van der Waals surface area contributed by atoms with Crippen LogP contribution in [-0.2, 0) is 4.79 Å². The summed E-state index contributed by atoms with van der Waals surface area (Å²) in [6.45, 7) is 2.80. The molecule has 0 spiro atoms. The molecule has 1 aromatic heterocycles. The molecule has 1 aromatic carbocycles. The van der Waals surface area contributed by atoms with Gasteiger partial charge in [0.05, 0.1) is 16.6 Å². The van der Waals surface area contributed by atoms with Gasteiger partial charge in [0.1, 0.15) is 0 Å². The van der Waals surface area contributed by atoms with Crippen molar-refractivity contribution in [2.75, 3.05) is 11.9 Å². The Morgan fingerprint density at radius 2 is 2.05 bits per heavy atom. The molecule has 3 rings (SSSR count). The highest BCUT2D eigenvalue weighted by atomic mass is 16.2. The Labute approximate surface area is 116 Å². The number of carbonyl (C=O) groups is 1. The fourth-order valence-electron chi connectivity index (χ4n) is 2.63. The maximum absolute atomic E-state index is 12.4. The number of hydrogen-bond acceptors (Lipinski definition) is 3. The monoisotopic (exact) mass is 274 g/mol. The molecule has 2 heterocycles. The van der Waals surface area contributed by atoms with Crippen molar-refractivity contribution in [1.29, 1.82) is 0 Å². The third kappa shape index (κ3) is 2.34. The van der Waals surface area contributed by atoms with Crippen molar-refractivity contribution in [2.24, 2.45) is 0 Å². The number of H-pyrrole nitrogens is 2. The third-order valence-corrected chi connectivity index (χ3v) is 3.89. The van der Waals surface area contributed by atoms with Crippen LogP contribution < -0.4 is 16.3 Å². The number of nitrogens with one attached hydrogen (secondary N) is 4. The molecular formula is C14H18N4O2. The number of fused-ring (bicyclic) bond motifs is 1. The second-order valence-corrected chi connectivity index (χ2v) is 5.51. The summed E-state index contributed by atoms with van der Waals surface area (Å²) in [4.78, 5) is 28.9. The van der Waals surface area contributed by atoms with Crippen molar-refractivity contribution < 1.29 is 4.79 Å². The molecule has 4 N–H and O–H groups in total. The average Bonchev–Trinajstić information content (AvgIpc) is 2.79. The number of piperidine rings is 1. The largest absolute Gasteiger partial charge is 0.324 e. The van der Waals surface area contributed by atoms with Gasteiger partial charge >= 0.3 is 5.69 Å². The van der Waals surface area contributed by atoms with Crippen LogP contribution in [0.15, 0.2) is 23.0 Å². The summed E-state index contributed by atoms with van der Waals surface area (Å²) in [5.41, 5.74) is 1.35. The molecule has 6 nitrogen and oxygen atoms in total. The highest BCUT2D eigenvalue weighted by Crippen LogP contribution is 2.22. The second-order valence-electron chi connectivity index (χ2n) is 5.51. The standard InChI is InChI=1S/C14H18N4O2/c1-14(6-2-3-7-15-14)12(19)16-9-4-5-10-11(8-9)18-13(20)17-10/h4-5,8,15H,2-3,6-7H2,1H3,(H,16,19)(H2,17,18,20). The Bertz CT molecular complexity index is 695. The van der Waals surface area contributed by atoms with E-state index in [1.54, 1.807) is 18.2 Å². The van der Waals surface area contributed by atoms with Crippen LogP contribution in [0.3, 0.4) is 0 Å². The molecule has 0 bridgehead atoms. The lowest BCUT2D eigenvalue weighted by Crippen LogP contribution is -2.54. The highest BCUT2D eigenvalue weighted by Gasteiger charge is 2.34.